The third-order valence-electron chi connectivity index (χ3n) is 4.94. The van der Waals surface area contributed by atoms with E-state index >= 15 is 0 Å². The molecule has 7 nitrogen and oxygen atoms in total. The predicted molar refractivity (Wildman–Crippen MR) is 102 cm³/mol. The molecule has 0 bridgehead atoms. The second kappa shape index (κ2) is 8.83. The number of rotatable bonds is 5. The van der Waals surface area contributed by atoms with Gasteiger partial charge in [-0.15, -0.1) is 0 Å². The van der Waals surface area contributed by atoms with Gasteiger partial charge in [0.25, 0.3) is 0 Å². The Morgan fingerprint density at radius 1 is 1.38 bits per heavy atom. The van der Waals surface area contributed by atoms with Crippen molar-refractivity contribution in [1.29, 1.82) is 0 Å². The predicted octanol–water partition coefficient (Wildman–Crippen LogP) is 1.23. The first kappa shape index (κ1) is 19.1. The van der Waals surface area contributed by atoms with Gasteiger partial charge in [0.15, 0.2) is 0 Å². The number of likely N-dealkylation sites (tertiary alicyclic amines) is 1. The lowest BCUT2D eigenvalue weighted by atomic mass is 10.1. The van der Waals surface area contributed by atoms with Gasteiger partial charge in [0.2, 0.25) is 5.91 Å². The van der Waals surface area contributed by atoms with E-state index in [9.17, 15) is 9.59 Å². The summed E-state index contributed by atoms with van der Waals surface area (Å²) in [4.78, 5) is 26.9. The van der Waals surface area contributed by atoms with Gasteiger partial charge in [-0.1, -0.05) is 28.1 Å². The highest BCUT2D eigenvalue weighted by Crippen LogP contribution is 2.19. The van der Waals surface area contributed by atoms with Gasteiger partial charge in [-0.2, -0.15) is 0 Å². The topological polar surface area (TPSA) is 82.7 Å². The molecule has 0 aliphatic carbocycles. The number of carbonyl (C=O) groups is 2. The van der Waals surface area contributed by atoms with E-state index in [-0.39, 0.29) is 24.1 Å². The molecule has 2 heterocycles. The summed E-state index contributed by atoms with van der Waals surface area (Å²) in [6.07, 6.45) is 1.49. The smallest absolute Gasteiger partial charge is 0.318 e. The van der Waals surface area contributed by atoms with Crippen molar-refractivity contribution in [3.8, 4) is 0 Å². The van der Waals surface area contributed by atoms with Crippen LogP contribution in [0.4, 0.5) is 4.79 Å². The standard InChI is InChI=1S/C18H25BrN4O3/c1-26-16-11-20-10-14(16)22-17(24)15-6-3-7-23(15)18(25)21-9-12-4-2-5-13(19)8-12/h2,4-5,8,14-16,20H,3,6-7,9-11H2,1H3,(H,21,25)(H,22,24)/t14-,15-,16-/m0/s1. The van der Waals surface area contributed by atoms with Crippen LogP contribution in [-0.2, 0) is 16.1 Å². The van der Waals surface area contributed by atoms with Crippen molar-refractivity contribution < 1.29 is 14.3 Å². The summed E-state index contributed by atoms with van der Waals surface area (Å²) >= 11 is 3.42. The third-order valence-corrected chi connectivity index (χ3v) is 5.43. The SMILES string of the molecule is CO[C@H]1CNC[C@@H]1NC(=O)[C@@H]1CCCN1C(=O)NCc1cccc(Br)c1. The highest BCUT2D eigenvalue weighted by atomic mass is 79.9. The molecular formula is C18H25BrN4O3. The second-order valence-corrected chi connectivity index (χ2v) is 7.60. The maximum Gasteiger partial charge on any atom is 0.318 e. The summed E-state index contributed by atoms with van der Waals surface area (Å²) in [7, 11) is 1.65. The average molecular weight is 425 g/mol. The molecular weight excluding hydrogens is 400 g/mol. The van der Waals surface area contributed by atoms with Gasteiger partial charge in [0, 0.05) is 37.8 Å². The Bertz CT molecular complexity index is 657. The zero-order valence-corrected chi connectivity index (χ0v) is 16.4. The van der Waals surface area contributed by atoms with Crippen molar-refractivity contribution in [3.05, 3.63) is 34.3 Å². The summed E-state index contributed by atoms with van der Waals surface area (Å²) in [5, 5.41) is 9.16. The fourth-order valence-electron chi connectivity index (χ4n) is 3.53. The van der Waals surface area contributed by atoms with Crippen LogP contribution in [-0.4, -0.2) is 61.8 Å². The van der Waals surface area contributed by atoms with Crippen LogP contribution in [0.1, 0.15) is 18.4 Å². The first-order chi connectivity index (χ1) is 12.6. The van der Waals surface area contributed by atoms with Crippen LogP contribution in [0.2, 0.25) is 0 Å². The molecule has 26 heavy (non-hydrogen) atoms. The number of benzene rings is 1. The van der Waals surface area contributed by atoms with Gasteiger partial charge in [0.05, 0.1) is 12.1 Å². The van der Waals surface area contributed by atoms with E-state index in [0.717, 1.165) is 23.0 Å². The minimum atomic E-state index is -0.421. The molecule has 2 fully saturated rings. The van der Waals surface area contributed by atoms with Crippen LogP contribution >= 0.6 is 15.9 Å². The Balaban J connectivity index is 1.55. The number of urea groups is 1. The maximum atomic E-state index is 12.7. The Hall–Kier alpha value is -1.64. The van der Waals surface area contributed by atoms with E-state index in [1.165, 1.54) is 0 Å². The van der Waals surface area contributed by atoms with Crippen LogP contribution in [0.5, 0.6) is 0 Å². The minimum absolute atomic E-state index is 0.0286. The number of nitrogens with zero attached hydrogens (tertiary/aromatic N) is 1. The van der Waals surface area contributed by atoms with E-state index in [1.54, 1.807) is 12.0 Å². The molecule has 0 radical (unpaired) electrons. The molecule has 3 amide bonds. The molecule has 2 saturated heterocycles. The number of halogens is 1. The first-order valence-electron chi connectivity index (χ1n) is 8.91. The Morgan fingerprint density at radius 3 is 3.00 bits per heavy atom. The number of amides is 3. The second-order valence-electron chi connectivity index (χ2n) is 6.69. The number of hydrogen-bond acceptors (Lipinski definition) is 4. The van der Waals surface area contributed by atoms with Gasteiger partial charge in [-0.05, 0) is 30.5 Å². The van der Waals surface area contributed by atoms with Crippen molar-refractivity contribution in [2.45, 2.75) is 37.6 Å². The van der Waals surface area contributed by atoms with Crippen molar-refractivity contribution in [2.75, 3.05) is 26.7 Å². The minimum Gasteiger partial charge on any atom is -0.378 e. The lowest BCUT2D eigenvalue weighted by Gasteiger charge is -2.27. The number of nitrogens with one attached hydrogen (secondary N) is 3. The molecule has 2 aliphatic heterocycles. The fourth-order valence-corrected chi connectivity index (χ4v) is 3.98. The van der Waals surface area contributed by atoms with Gasteiger partial charge >= 0.3 is 6.03 Å². The summed E-state index contributed by atoms with van der Waals surface area (Å²) in [6, 6.07) is 7.12. The van der Waals surface area contributed by atoms with Crippen molar-refractivity contribution in [1.82, 2.24) is 20.9 Å². The van der Waals surface area contributed by atoms with Crippen LogP contribution < -0.4 is 16.0 Å². The number of methoxy groups -OCH3 is 1. The Morgan fingerprint density at radius 2 is 2.23 bits per heavy atom. The summed E-state index contributed by atoms with van der Waals surface area (Å²) in [5.41, 5.74) is 1.01. The molecule has 1 aromatic carbocycles. The number of ether oxygens (including phenoxy) is 1. The van der Waals surface area contributed by atoms with Crippen molar-refractivity contribution in [3.63, 3.8) is 0 Å². The zero-order valence-electron chi connectivity index (χ0n) is 14.8. The van der Waals surface area contributed by atoms with Crippen LogP contribution in [0.25, 0.3) is 0 Å². The zero-order chi connectivity index (χ0) is 18.5. The van der Waals surface area contributed by atoms with E-state index < -0.39 is 6.04 Å². The van der Waals surface area contributed by atoms with Crippen LogP contribution in [0, 0.1) is 0 Å². The van der Waals surface area contributed by atoms with E-state index in [4.69, 9.17) is 4.74 Å². The molecule has 142 valence electrons. The molecule has 0 unspecified atom stereocenters. The highest BCUT2D eigenvalue weighted by Gasteiger charge is 2.37. The summed E-state index contributed by atoms with van der Waals surface area (Å²) < 4.78 is 6.36. The maximum absolute atomic E-state index is 12.7. The summed E-state index contributed by atoms with van der Waals surface area (Å²) in [5.74, 6) is -0.101. The van der Waals surface area contributed by atoms with Crippen molar-refractivity contribution >= 4 is 27.9 Å². The van der Waals surface area contributed by atoms with E-state index in [0.29, 0.717) is 26.1 Å². The first-order valence-corrected chi connectivity index (χ1v) is 9.70. The molecule has 0 saturated carbocycles. The van der Waals surface area contributed by atoms with E-state index in [1.807, 2.05) is 24.3 Å². The third kappa shape index (κ3) is 4.55. The summed E-state index contributed by atoms with van der Waals surface area (Å²) in [6.45, 7) is 2.44. The van der Waals surface area contributed by atoms with Gasteiger partial charge in [-0.3, -0.25) is 4.79 Å². The van der Waals surface area contributed by atoms with E-state index in [2.05, 4.69) is 31.9 Å². The lowest BCUT2D eigenvalue weighted by molar-refractivity contribution is -0.126. The molecule has 2 aliphatic rings. The number of hydrogen-bond donors (Lipinski definition) is 3. The average Bonchev–Trinajstić information content (AvgIpc) is 3.28. The van der Waals surface area contributed by atoms with Gasteiger partial charge < -0.3 is 25.6 Å². The molecule has 8 heteroatoms. The fraction of sp³-hybridized carbons (Fsp3) is 0.556. The lowest BCUT2D eigenvalue weighted by Crippen LogP contribution is -2.53. The van der Waals surface area contributed by atoms with Gasteiger partial charge in [-0.25, -0.2) is 4.79 Å². The molecule has 0 aromatic heterocycles. The monoisotopic (exact) mass is 424 g/mol. The largest absolute Gasteiger partial charge is 0.378 e. The normalized spacial score (nSPS) is 25.3. The number of carbonyl (C=O) groups excluding carboxylic acids is 2. The highest BCUT2D eigenvalue weighted by molar-refractivity contribution is 9.10. The Labute approximate surface area is 162 Å². The van der Waals surface area contributed by atoms with Crippen LogP contribution in [0.3, 0.4) is 0 Å². The van der Waals surface area contributed by atoms with Crippen LogP contribution in [0.15, 0.2) is 28.7 Å². The molecule has 1 aromatic rings. The molecule has 3 rings (SSSR count). The Kier molecular flexibility index (Phi) is 6.50. The van der Waals surface area contributed by atoms with Crippen molar-refractivity contribution in [2.24, 2.45) is 0 Å². The van der Waals surface area contributed by atoms with Gasteiger partial charge in [0.1, 0.15) is 6.04 Å². The molecule has 0 spiro atoms. The quantitative estimate of drug-likeness (QED) is 0.663. The molecule has 3 atom stereocenters. The molecule has 3 N–H and O–H groups in total.